The fraction of sp³-hybridized carbons (Fsp3) is 0.133. The maximum Gasteiger partial charge on any atom is 0.190 e. The van der Waals surface area contributed by atoms with Crippen LogP contribution in [0.15, 0.2) is 53.8 Å². The summed E-state index contributed by atoms with van der Waals surface area (Å²) in [5.41, 5.74) is 1.45. The molecule has 0 amide bonds. The van der Waals surface area contributed by atoms with Gasteiger partial charge in [0.05, 0.1) is 12.7 Å². The second-order valence-electron chi connectivity index (χ2n) is 4.16. The normalized spacial score (nSPS) is 16.8. The van der Waals surface area contributed by atoms with E-state index in [1.807, 2.05) is 18.2 Å². The quantitative estimate of drug-likeness (QED) is 0.756. The Morgan fingerprint density at radius 2 is 2.22 bits per heavy atom. The molecule has 0 saturated heterocycles. The lowest BCUT2D eigenvalue weighted by Gasteiger charge is -2.13. The van der Waals surface area contributed by atoms with Gasteiger partial charge in [-0.25, -0.2) is 0 Å². The molecule has 18 heavy (non-hydrogen) atoms. The van der Waals surface area contributed by atoms with Gasteiger partial charge in [-0.2, -0.15) is 0 Å². The minimum atomic E-state index is -0.0439. The van der Waals surface area contributed by atoms with E-state index in [9.17, 15) is 4.79 Å². The Labute approximate surface area is 105 Å². The molecule has 1 aliphatic carbocycles. The smallest absolute Gasteiger partial charge is 0.190 e. The fourth-order valence-corrected chi connectivity index (χ4v) is 2.06. The van der Waals surface area contributed by atoms with Gasteiger partial charge in [-0.1, -0.05) is 12.2 Å². The topological polar surface area (TPSA) is 35.5 Å². The van der Waals surface area contributed by atoms with Crippen molar-refractivity contribution in [2.75, 3.05) is 7.11 Å². The number of allylic oxidation sites excluding steroid dienone is 5. The van der Waals surface area contributed by atoms with E-state index in [0.717, 1.165) is 17.8 Å². The van der Waals surface area contributed by atoms with E-state index in [-0.39, 0.29) is 5.78 Å². The molecular formula is C15H12O3. The average Bonchev–Trinajstić information content (AvgIpc) is 2.54. The zero-order chi connectivity index (χ0) is 12.5. The summed E-state index contributed by atoms with van der Waals surface area (Å²) in [5.74, 6) is 1.93. The number of rotatable bonds is 1. The summed E-state index contributed by atoms with van der Waals surface area (Å²) in [6.07, 6.45) is 8.18. The van der Waals surface area contributed by atoms with Crippen LogP contribution in [0.3, 0.4) is 0 Å². The largest absolute Gasteiger partial charge is 0.497 e. The van der Waals surface area contributed by atoms with Crippen molar-refractivity contribution in [1.82, 2.24) is 0 Å². The van der Waals surface area contributed by atoms with Crippen molar-refractivity contribution in [2.24, 2.45) is 0 Å². The van der Waals surface area contributed by atoms with E-state index in [4.69, 9.17) is 9.47 Å². The first kappa shape index (κ1) is 10.8. The molecule has 90 valence electrons. The molecular weight excluding hydrogens is 228 g/mol. The predicted molar refractivity (Wildman–Crippen MR) is 67.9 cm³/mol. The summed E-state index contributed by atoms with van der Waals surface area (Å²) < 4.78 is 10.9. The van der Waals surface area contributed by atoms with E-state index in [0.29, 0.717) is 17.1 Å². The third kappa shape index (κ3) is 1.74. The number of hydrogen-bond donors (Lipinski definition) is 0. The Balaban J connectivity index is 2.12. The van der Waals surface area contributed by atoms with Crippen LogP contribution in [0.25, 0.3) is 0 Å². The standard InChI is InChI=1S/C15H12O3/c1-17-11-6-7-15-12(9-11)13(16)8-10-4-2-3-5-14(10)18-15/h2-3,5-9H,4H2,1H3. The monoisotopic (exact) mass is 240 g/mol. The highest BCUT2D eigenvalue weighted by atomic mass is 16.5. The van der Waals surface area contributed by atoms with Crippen molar-refractivity contribution < 1.29 is 14.3 Å². The number of fused-ring (bicyclic) bond motifs is 2. The lowest BCUT2D eigenvalue weighted by Crippen LogP contribution is -2.00. The number of carbonyl (C=O) groups excluding carboxylic acids is 1. The first-order valence-corrected chi connectivity index (χ1v) is 5.76. The molecule has 0 unspecified atom stereocenters. The highest BCUT2D eigenvalue weighted by Crippen LogP contribution is 2.33. The van der Waals surface area contributed by atoms with Gasteiger partial charge in [0.1, 0.15) is 17.3 Å². The number of hydrogen-bond acceptors (Lipinski definition) is 3. The van der Waals surface area contributed by atoms with Crippen molar-refractivity contribution in [3.05, 3.63) is 59.4 Å². The predicted octanol–water partition coefficient (Wildman–Crippen LogP) is 3.04. The van der Waals surface area contributed by atoms with Crippen molar-refractivity contribution in [1.29, 1.82) is 0 Å². The van der Waals surface area contributed by atoms with Crippen LogP contribution in [-0.4, -0.2) is 12.9 Å². The number of benzene rings is 1. The maximum absolute atomic E-state index is 12.2. The summed E-state index contributed by atoms with van der Waals surface area (Å²) in [6.45, 7) is 0. The number of methoxy groups -OCH3 is 1. The first-order valence-electron chi connectivity index (χ1n) is 5.76. The fourth-order valence-electron chi connectivity index (χ4n) is 2.06. The summed E-state index contributed by atoms with van der Waals surface area (Å²) in [4.78, 5) is 12.2. The van der Waals surface area contributed by atoms with E-state index in [1.54, 1.807) is 31.4 Å². The summed E-state index contributed by atoms with van der Waals surface area (Å²) >= 11 is 0. The summed E-state index contributed by atoms with van der Waals surface area (Å²) in [5, 5.41) is 0. The minimum absolute atomic E-state index is 0.0439. The van der Waals surface area contributed by atoms with Crippen LogP contribution >= 0.6 is 0 Å². The Bertz CT molecular complexity index is 606. The first-order chi connectivity index (χ1) is 8.78. The molecule has 0 spiro atoms. The minimum Gasteiger partial charge on any atom is -0.497 e. The van der Waals surface area contributed by atoms with E-state index >= 15 is 0 Å². The molecule has 0 bridgehead atoms. The van der Waals surface area contributed by atoms with Crippen LogP contribution in [0.1, 0.15) is 16.8 Å². The van der Waals surface area contributed by atoms with Crippen molar-refractivity contribution in [3.8, 4) is 11.5 Å². The maximum atomic E-state index is 12.2. The molecule has 1 aliphatic heterocycles. The van der Waals surface area contributed by atoms with Gasteiger partial charge >= 0.3 is 0 Å². The molecule has 1 heterocycles. The van der Waals surface area contributed by atoms with Gasteiger partial charge in [0.25, 0.3) is 0 Å². The Hall–Kier alpha value is -2.29. The van der Waals surface area contributed by atoms with Gasteiger partial charge in [-0.3, -0.25) is 4.79 Å². The van der Waals surface area contributed by atoms with Crippen LogP contribution in [0.4, 0.5) is 0 Å². The van der Waals surface area contributed by atoms with Crippen LogP contribution in [0.2, 0.25) is 0 Å². The van der Waals surface area contributed by atoms with Crippen LogP contribution in [0, 0.1) is 0 Å². The van der Waals surface area contributed by atoms with E-state index in [1.165, 1.54) is 0 Å². The van der Waals surface area contributed by atoms with E-state index < -0.39 is 0 Å². The molecule has 3 rings (SSSR count). The molecule has 0 N–H and O–H groups in total. The molecule has 0 radical (unpaired) electrons. The molecule has 0 fully saturated rings. The molecule has 0 saturated carbocycles. The zero-order valence-corrected chi connectivity index (χ0v) is 9.97. The molecule has 0 aromatic heterocycles. The van der Waals surface area contributed by atoms with Crippen LogP contribution in [0.5, 0.6) is 11.5 Å². The average molecular weight is 240 g/mol. The molecule has 1 aromatic carbocycles. The number of ketones is 1. The summed E-state index contributed by atoms with van der Waals surface area (Å²) in [6, 6.07) is 5.26. The van der Waals surface area contributed by atoms with Gasteiger partial charge < -0.3 is 9.47 Å². The number of ether oxygens (including phenoxy) is 2. The van der Waals surface area contributed by atoms with Crippen LogP contribution in [-0.2, 0) is 0 Å². The van der Waals surface area contributed by atoms with Gasteiger partial charge in [-0.05, 0) is 36.8 Å². The third-order valence-corrected chi connectivity index (χ3v) is 3.02. The van der Waals surface area contributed by atoms with Gasteiger partial charge in [-0.15, -0.1) is 0 Å². The second-order valence-corrected chi connectivity index (χ2v) is 4.16. The SMILES string of the molecule is COc1ccc2c(c1)C(=O)C=C1CC=CC=C1O2. The molecule has 3 nitrogen and oxygen atoms in total. The second kappa shape index (κ2) is 4.18. The highest BCUT2D eigenvalue weighted by molar-refractivity contribution is 6.08. The van der Waals surface area contributed by atoms with Gasteiger partial charge in [0.2, 0.25) is 0 Å². The van der Waals surface area contributed by atoms with Crippen molar-refractivity contribution >= 4 is 5.78 Å². The molecule has 3 heteroatoms. The van der Waals surface area contributed by atoms with E-state index in [2.05, 4.69) is 0 Å². The lowest BCUT2D eigenvalue weighted by molar-refractivity contribution is 0.104. The van der Waals surface area contributed by atoms with Crippen molar-refractivity contribution in [3.63, 3.8) is 0 Å². The van der Waals surface area contributed by atoms with Crippen LogP contribution < -0.4 is 9.47 Å². The molecule has 1 aromatic rings. The third-order valence-electron chi connectivity index (χ3n) is 3.02. The molecule has 0 atom stereocenters. The van der Waals surface area contributed by atoms with Gasteiger partial charge in [0.15, 0.2) is 5.78 Å². The Kier molecular flexibility index (Phi) is 2.52. The molecule has 2 aliphatic rings. The highest BCUT2D eigenvalue weighted by Gasteiger charge is 2.21. The lowest BCUT2D eigenvalue weighted by atomic mass is 10.0. The summed E-state index contributed by atoms with van der Waals surface area (Å²) in [7, 11) is 1.58. The van der Waals surface area contributed by atoms with Gasteiger partial charge in [0, 0.05) is 5.57 Å². The zero-order valence-electron chi connectivity index (χ0n) is 9.97. The number of carbonyl (C=O) groups is 1. The van der Waals surface area contributed by atoms with Crippen molar-refractivity contribution in [2.45, 2.75) is 6.42 Å². The Morgan fingerprint density at radius 3 is 3.06 bits per heavy atom. The Morgan fingerprint density at radius 1 is 1.33 bits per heavy atom.